The standard InChI is InChI=1S/C12H18ClFN2O3S/c1-2-5-19-6-3-4-16-20(17,18)12-8-11(15)10(14)7-9(12)13/h7-8,16H,2-6,15H2,1H3. The van der Waals surface area contributed by atoms with Gasteiger partial charge in [0, 0.05) is 19.8 Å². The van der Waals surface area contributed by atoms with E-state index in [-0.39, 0.29) is 22.2 Å². The summed E-state index contributed by atoms with van der Waals surface area (Å²) < 4.78 is 44.7. The Kier molecular flexibility index (Phi) is 6.67. The topological polar surface area (TPSA) is 81.4 Å². The lowest BCUT2D eigenvalue weighted by Crippen LogP contribution is -2.26. The van der Waals surface area contributed by atoms with Gasteiger partial charge in [-0.1, -0.05) is 18.5 Å². The van der Waals surface area contributed by atoms with E-state index in [1.54, 1.807) is 0 Å². The second-order valence-electron chi connectivity index (χ2n) is 4.17. The maximum absolute atomic E-state index is 13.1. The summed E-state index contributed by atoms with van der Waals surface area (Å²) in [6.45, 7) is 3.31. The summed E-state index contributed by atoms with van der Waals surface area (Å²) in [4.78, 5) is -0.229. The number of nitrogens with two attached hydrogens (primary N) is 1. The van der Waals surface area contributed by atoms with Gasteiger partial charge in [-0.2, -0.15) is 0 Å². The van der Waals surface area contributed by atoms with Crippen molar-refractivity contribution < 1.29 is 17.5 Å². The van der Waals surface area contributed by atoms with Crippen LogP contribution in [0.4, 0.5) is 10.1 Å². The fourth-order valence-electron chi connectivity index (χ4n) is 1.46. The van der Waals surface area contributed by atoms with Crippen molar-refractivity contribution in [3.05, 3.63) is 23.0 Å². The van der Waals surface area contributed by atoms with Gasteiger partial charge >= 0.3 is 0 Å². The average molecular weight is 325 g/mol. The van der Waals surface area contributed by atoms with Crippen molar-refractivity contribution in [2.24, 2.45) is 0 Å². The van der Waals surface area contributed by atoms with Crippen molar-refractivity contribution >= 4 is 27.3 Å². The molecule has 1 aromatic carbocycles. The van der Waals surface area contributed by atoms with E-state index in [0.29, 0.717) is 19.6 Å². The van der Waals surface area contributed by atoms with Crippen LogP contribution in [0.2, 0.25) is 5.02 Å². The van der Waals surface area contributed by atoms with E-state index in [2.05, 4.69) is 4.72 Å². The van der Waals surface area contributed by atoms with E-state index in [4.69, 9.17) is 22.1 Å². The van der Waals surface area contributed by atoms with Crippen LogP contribution >= 0.6 is 11.6 Å². The van der Waals surface area contributed by atoms with Gasteiger partial charge in [0.15, 0.2) is 0 Å². The molecule has 0 aliphatic carbocycles. The minimum absolute atomic E-state index is 0.202. The van der Waals surface area contributed by atoms with Crippen molar-refractivity contribution in [3.8, 4) is 0 Å². The lowest BCUT2D eigenvalue weighted by molar-refractivity contribution is 0.133. The number of nitrogen functional groups attached to an aromatic ring is 1. The van der Waals surface area contributed by atoms with Crippen LogP contribution in [-0.2, 0) is 14.8 Å². The van der Waals surface area contributed by atoms with Gasteiger partial charge in [0.05, 0.1) is 10.7 Å². The predicted octanol–water partition coefficient (Wildman–Crippen LogP) is 2.16. The zero-order valence-electron chi connectivity index (χ0n) is 11.2. The second kappa shape index (κ2) is 7.78. The quantitative estimate of drug-likeness (QED) is 0.567. The molecular weight excluding hydrogens is 307 g/mol. The fourth-order valence-corrected chi connectivity index (χ4v) is 3.08. The summed E-state index contributed by atoms with van der Waals surface area (Å²) in [5.74, 6) is -0.748. The van der Waals surface area contributed by atoms with Gasteiger partial charge in [-0.05, 0) is 25.0 Å². The molecule has 1 rings (SSSR count). The number of hydrogen-bond donors (Lipinski definition) is 2. The van der Waals surface area contributed by atoms with Crippen LogP contribution in [0.3, 0.4) is 0 Å². The van der Waals surface area contributed by atoms with Gasteiger partial charge in [-0.3, -0.25) is 0 Å². The Hall–Kier alpha value is -0.890. The maximum atomic E-state index is 13.1. The lowest BCUT2D eigenvalue weighted by Gasteiger charge is -2.09. The van der Waals surface area contributed by atoms with E-state index in [9.17, 15) is 12.8 Å². The molecule has 114 valence electrons. The normalized spacial score (nSPS) is 11.8. The monoisotopic (exact) mass is 324 g/mol. The minimum atomic E-state index is -3.81. The number of rotatable bonds is 8. The van der Waals surface area contributed by atoms with Gasteiger partial charge < -0.3 is 10.5 Å². The van der Waals surface area contributed by atoms with Crippen molar-refractivity contribution in [2.45, 2.75) is 24.7 Å². The first-order chi connectivity index (χ1) is 9.38. The molecule has 0 atom stereocenters. The van der Waals surface area contributed by atoms with Crippen LogP contribution in [0.1, 0.15) is 19.8 Å². The van der Waals surface area contributed by atoms with E-state index in [1.807, 2.05) is 6.92 Å². The molecule has 0 saturated heterocycles. The largest absolute Gasteiger partial charge is 0.396 e. The third kappa shape index (κ3) is 4.90. The first-order valence-corrected chi connectivity index (χ1v) is 8.06. The van der Waals surface area contributed by atoms with Crippen LogP contribution < -0.4 is 10.5 Å². The average Bonchev–Trinajstić information content (AvgIpc) is 2.37. The zero-order valence-corrected chi connectivity index (χ0v) is 12.7. The number of anilines is 1. The van der Waals surface area contributed by atoms with Crippen molar-refractivity contribution in [2.75, 3.05) is 25.5 Å². The van der Waals surface area contributed by atoms with E-state index in [1.165, 1.54) is 0 Å². The molecule has 0 aliphatic rings. The number of halogens is 2. The van der Waals surface area contributed by atoms with Crippen LogP contribution in [0.25, 0.3) is 0 Å². The highest BCUT2D eigenvalue weighted by Gasteiger charge is 2.19. The molecule has 0 fully saturated rings. The third-order valence-electron chi connectivity index (χ3n) is 2.45. The molecule has 8 heteroatoms. The highest BCUT2D eigenvalue weighted by atomic mass is 35.5. The number of benzene rings is 1. The highest BCUT2D eigenvalue weighted by molar-refractivity contribution is 7.89. The number of hydrogen-bond acceptors (Lipinski definition) is 4. The summed E-state index contributed by atoms with van der Waals surface area (Å²) in [5.41, 5.74) is 5.09. The van der Waals surface area contributed by atoms with Gasteiger partial charge in [0.2, 0.25) is 10.0 Å². The Morgan fingerprint density at radius 2 is 2.10 bits per heavy atom. The number of nitrogens with one attached hydrogen (secondary N) is 1. The maximum Gasteiger partial charge on any atom is 0.242 e. The molecule has 0 bridgehead atoms. The molecule has 5 nitrogen and oxygen atoms in total. The smallest absolute Gasteiger partial charge is 0.242 e. The lowest BCUT2D eigenvalue weighted by atomic mass is 10.3. The minimum Gasteiger partial charge on any atom is -0.396 e. The molecule has 0 amide bonds. The molecular formula is C12H18ClFN2O3S. The zero-order chi connectivity index (χ0) is 15.2. The van der Waals surface area contributed by atoms with Gasteiger partial charge in [0.1, 0.15) is 10.7 Å². The molecule has 0 radical (unpaired) electrons. The van der Waals surface area contributed by atoms with Gasteiger partial charge in [0.25, 0.3) is 0 Å². The van der Waals surface area contributed by atoms with Crippen molar-refractivity contribution in [3.63, 3.8) is 0 Å². The second-order valence-corrected chi connectivity index (χ2v) is 6.31. The van der Waals surface area contributed by atoms with Gasteiger partial charge in [-0.15, -0.1) is 0 Å². The summed E-state index contributed by atoms with van der Waals surface area (Å²) in [6.07, 6.45) is 1.45. The fraction of sp³-hybridized carbons (Fsp3) is 0.500. The Labute approximate surface area is 123 Å². The molecule has 0 saturated carbocycles. The predicted molar refractivity (Wildman–Crippen MR) is 76.7 cm³/mol. The molecule has 0 spiro atoms. The Morgan fingerprint density at radius 3 is 2.75 bits per heavy atom. The summed E-state index contributed by atoms with van der Waals surface area (Å²) in [7, 11) is -3.81. The van der Waals surface area contributed by atoms with Crippen LogP contribution in [0, 0.1) is 5.82 Å². The van der Waals surface area contributed by atoms with Crippen LogP contribution in [0.5, 0.6) is 0 Å². The Balaban J connectivity index is 2.63. The Morgan fingerprint density at radius 1 is 1.40 bits per heavy atom. The van der Waals surface area contributed by atoms with Crippen LogP contribution in [-0.4, -0.2) is 28.2 Å². The molecule has 1 aromatic rings. The molecule has 0 unspecified atom stereocenters. The first kappa shape index (κ1) is 17.2. The summed E-state index contributed by atoms with van der Waals surface area (Å²) in [6, 6.07) is 1.89. The first-order valence-electron chi connectivity index (χ1n) is 6.20. The van der Waals surface area contributed by atoms with Crippen molar-refractivity contribution in [1.29, 1.82) is 0 Å². The number of sulfonamides is 1. The molecule has 20 heavy (non-hydrogen) atoms. The van der Waals surface area contributed by atoms with Gasteiger partial charge in [-0.25, -0.2) is 17.5 Å². The molecule has 3 N–H and O–H groups in total. The summed E-state index contributed by atoms with van der Waals surface area (Å²) >= 11 is 5.73. The van der Waals surface area contributed by atoms with Crippen molar-refractivity contribution in [1.82, 2.24) is 4.72 Å². The molecule has 0 aliphatic heterocycles. The third-order valence-corrected chi connectivity index (χ3v) is 4.37. The Bertz CT molecular complexity index is 552. The number of ether oxygens (including phenoxy) is 1. The van der Waals surface area contributed by atoms with E-state index >= 15 is 0 Å². The molecule has 0 heterocycles. The highest BCUT2D eigenvalue weighted by Crippen LogP contribution is 2.26. The van der Waals surface area contributed by atoms with E-state index < -0.39 is 15.8 Å². The van der Waals surface area contributed by atoms with Crippen LogP contribution in [0.15, 0.2) is 17.0 Å². The molecule has 0 aromatic heterocycles. The SMILES string of the molecule is CCCOCCCNS(=O)(=O)c1cc(N)c(F)cc1Cl. The summed E-state index contributed by atoms with van der Waals surface area (Å²) in [5, 5.41) is -0.202. The van der Waals surface area contributed by atoms with E-state index in [0.717, 1.165) is 18.6 Å².